The van der Waals surface area contributed by atoms with Gasteiger partial charge in [0.2, 0.25) is 5.95 Å². The first-order chi connectivity index (χ1) is 12.5. The van der Waals surface area contributed by atoms with Crippen LogP contribution in [0.3, 0.4) is 0 Å². The molecule has 2 N–H and O–H groups in total. The Morgan fingerprint density at radius 3 is 2.46 bits per heavy atom. The molecule has 1 heterocycles. The Balaban J connectivity index is 1.73. The molecule has 0 fully saturated rings. The van der Waals surface area contributed by atoms with Crippen LogP contribution >= 0.6 is 0 Å². The quantitative estimate of drug-likeness (QED) is 0.684. The van der Waals surface area contributed by atoms with E-state index >= 15 is 0 Å². The fraction of sp³-hybridized carbons (Fsp3) is 0.0526. The summed E-state index contributed by atoms with van der Waals surface area (Å²) in [6.07, 6.45) is 1.44. The Morgan fingerprint density at radius 1 is 1.00 bits per heavy atom. The van der Waals surface area contributed by atoms with E-state index < -0.39 is 11.7 Å². The van der Waals surface area contributed by atoms with Gasteiger partial charge in [0.15, 0.2) is 5.78 Å². The summed E-state index contributed by atoms with van der Waals surface area (Å²) in [5.74, 6) is -0.717. The summed E-state index contributed by atoms with van der Waals surface area (Å²) in [4.78, 5) is 31.8. The summed E-state index contributed by atoms with van der Waals surface area (Å²) < 4.78 is 13.2. The minimum absolute atomic E-state index is 0.0242. The number of anilines is 3. The Hall–Kier alpha value is -3.61. The third-order valence-electron chi connectivity index (χ3n) is 3.52. The van der Waals surface area contributed by atoms with E-state index in [0.29, 0.717) is 16.9 Å². The molecule has 0 unspecified atom stereocenters. The molecule has 26 heavy (non-hydrogen) atoms. The van der Waals surface area contributed by atoms with Crippen LogP contribution in [-0.4, -0.2) is 21.7 Å². The number of nitrogens with one attached hydrogen (secondary N) is 2. The molecular weight excluding hydrogens is 335 g/mol. The van der Waals surface area contributed by atoms with Crippen LogP contribution < -0.4 is 10.6 Å². The molecule has 1 aromatic heterocycles. The zero-order valence-corrected chi connectivity index (χ0v) is 13.9. The average molecular weight is 350 g/mol. The lowest BCUT2D eigenvalue weighted by molar-refractivity contribution is 0.101. The molecule has 0 aliphatic heterocycles. The summed E-state index contributed by atoms with van der Waals surface area (Å²) >= 11 is 0. The number of amides is 1. The van der Waals surface area contributed by atoms with Gasteiger partial charge in [-0.15, -0.1) is 0 Å². The molecule has 3 rings (SSSR count). The van der Waals surface area contributed by atoms with E-state index in [1.54, 1.807) is 30.3 Å². The molecule has 0 atom stereocenters. The molecule has 3 aromatic rings. The first kappa shape index (κ1) is 17.2. The van der Waals surface area contributed by atoms with Crippen molar-refractivity contribution in [2.75, 3.05) is 10.6 Å². The van der Waals surface area contributed by atoms with Gasteiger partial charge in [0.25, 0.3) is 5.91 Å². The molecular formula is C19H15FN4O2. The Morgan fingerprint density at radius 2 is 1.77 bits per heavy atom. The Bertz CT molecular complexity index is 958. The highest BCUT2D eigenvalue weighted by molar-refractivity contribution is 6.03. The number of ketones is 1. The van der Waals surface area contributed by atoms with Gasteiger partial charge in [-0.1, -0.05) is 6.07 Å². The monoisotopic (exact) mass is 350 g/mol. The fourth-order valence-corrected chi connectivity index (χ4v) is 2.22. The second-order valence-electron chi connectivity index (χ2n) is 5.49. The van der Waals surface area contributed by atoms with Gasteiger partial charge in [0.1, 0.15) is 11.5 Å². The third kappa shape index (κ3) is 4.27. The van der Waals surface area contributed by atoms with Crippen molar-refractivity contribution in [3.8, 4) is 0 Å². The maximum atomic E-state index is 13.2. The van der Waals surface area contributed by atoms with Crippen LogP contribution in [0, 0.1) is 5.82 Å². The smallest absolute Gasteiger partial charge is 0.274 e. The predicted molar refractivity (Wildman–Crippen MR) is 96.1 cm³/mol. The van der Waals surface area contributed by atoms with Gasteiger partial charge < -0.3 is 10.6 Å². The third-order valence-corrected chi connectivity index (χ3v) is 3.52. The van der Waals surface area contributed by atoms with Crippen molar-refractivity contribution in [1.82, 2.24) is 9.97 Å². The van der Waals surface area contributed by atoms with Gasteiger partial charge in [0, 0.05) is 23.1 Å². The molecule has 1 amide bonds. The van der Waals surface area contributed by atoms with Crippen LogP contribution in [0.1, 0.15) is 27.8 Å². The summed E-state index contributed by atoms with van der Waals surface area (Å²) in [5.41, 5.74) is 1.74. The fourth-order valence-electron chi connectivity index (χ4n) is 2.22. The van der Waals surface area contributed by atoms with E-state index in [2.05, 4.69) is 20.6 Å². The number of rotatable bonds is 5. The van der Waals surface area contributed by atoms with E-state index in [4.69, 9.17) is 0 Å². The number of hydrogen-bond donors (Lipinski definition) is 2. The van der Waals surface area contributed by atoms with Crippen molar-refractivity contribution in [2.24, 2.45) is 0 Å². The van der Waals surface area contributed by atoms with E-state index in [-0.39, 0.29) is 17.4 Å². The molecule has 7 heteroatoms. The van der Waals surface area contributed by atoms with Crippen molar-refractivity contribution >= 4 is 29.0 Å². The molecule has 0 radical (unpaired) electrons. The zero-order valence-electron chi connectivity index (χ0n) is 13.9. The van der Waals surface area contributed by atoms with Crippen LogP contribution in [-0.2, 0) is 0 Å². The van der Waals surface area contributed by atoms with Gasteiger partial charge in [-0.3, -0.25) is 9.59 Å². The van der Waals surface area contributed by atoms with Crippen LogP contribution in [0.15, 0.2) is 60.8 Å². The molecule has 0 aliphatic rings. The summed E-state index contributed by atoms with van der Waals surface area (Å²) in [7, 11) is 0. The van der Waals surface area contributed by atoms with Crippen LogP contribution in [0.4, 0.5) is 21.7 Å². The van der Waals surface area contributed by atoms with Gasteiger partial charge >= 0.3 is 0 Å². The number of carbonyl (C=O) groups is 2. The lowest BCUT2D eigenvalue weighted by Crippen LogP contribution is -2.14. The zero-order chi connectivity index (χ0) is 18.5. The van der Waals surface area contributed by atoms with Crippen molar-refractivity contribution in [3.63, 3.8) is 0 Å². The van der Waals surface area contributed by atoms with E-state index in [0.717, 1.165) is 0 Å². The number of Topliss-reactive ketones (excluding diaryl/α,β-unsaturated/α-hetero) is 1. The second kappa shape index (κ2) is 7.52. The number of hydrogen-bond acceptors (Lipinski definition) is 5. The maximum Gasteiger partial charge on any atom is 0.274 e. The number of aromatic nitrogens is 2. The summed E-state index contributed by atoms with van der Waals surface area (Å²) in [5, 5.41) is 5.54. The van der Waals surface area contributed by atoms with E-state index in [9.17, 15) is 14.0 Å². The number of nitrogens with zero attached hydrogens (tertiary/aromatic N) is 2. The molecule has 0 aliphatic carbocycles. The predicted octanol–water partition coefficient (Wildman–Crippen LogP) is 3.81. The van der Waals surface area contributed by atoms with Crippen molar-refractivity contribution < 1.29 is 14.0 Å². The highest BCUT2D eigenvalue weighted by Gasteiger charge is 2.10. The first-order valence-corrected chi connectivity index (χ1v) is 7.79. The minimum Gasteiger partial charge on any atom is -0.324 e. The number of benzene rings is 2. The molecule has 2 aromatic carbocycles. The topological polar surface area (TPSA) is 84.0 Å². The Kier molecular flexibility index (Phi) is 4.98. The van der Waals surface area contributed by atoms with Crippen LogP contribution in [0.5, 0.6) is 0 Å². The highest BCUT2D eigenvalue weighted by atomic mass is 19.1. The van der Waals surface area contributed by atoms with Crippen molar-refractivity contribution in [1.29, 1.82) is 0 Å². The maximum absolute atomic E-state index is 13.2. The van der Waals surface area contributed by atoms with Crippen molar-refractivity contribution in [2.45, 2.75) is 6.92 Å². The second-order valence-corrected chi connectivity index (χ2v) is 5.49. The lowest BCUT2D eigenvalue weighted by atomic mass is 10.1. The SMILES string of the molecule is CC(=O)c1ccc(Nc2nccc(C(=O)Nc3cccc(F)c3)n2)cc1. The molecule has 0 bridgehead atoms. The van der Waals surface area contributed by atoms with E-state index in [1.165, 1.54) is 37.4 Å². The number of halogens is 1. The van der Waals surface area contributed by atoms with Gasteiger partial charge in [-0.25, -0.2) is 14.4 Å². The molecule has 0 saturated carbocycles. The molecule has 130 valence electrons. The molecule has 0 spiro atoms. The number of carbonyl (C=O) groups excluding carboxylic acids is 2. The Labute approximate surface area is 149 Å². The van der Waals surface area contributed by atoms with Gasteiger partial charge in [-0.2, -0.15) is 0 Å². The summed E-state index contributed by atoms with van der Waals surface area (Å²) in [6, 6.07) is 13.9. The normalized spacial score (nSPS) is 10.2. The van der Waals surface area contributed by atoms with Gasteiger partial charge in [0.05, 0.1) is 0 Å². The van der Waals surface area contributed by atoms with Crippen LogP contribution in [0.25, 0.3) is 0 Å². The highest BCUT2D eigenvalue weighted by Crippen LogP contribution is 2.15. The van der Waals surface area contributed by atoms with Crippen molar-refractivity contribution in [3.05, 3.63) is 77.9 Å². The average Bonchev–Trinajstić information content (AvgIpc) is 2.62. The lowest BCUT2D eigenvalue weighted by Gasteiger charge is -2.08. The van der Waals surface area contributed by atoms with Gasteiger partial charge in [-0.05, 0) is 55.5 Å². The largest absolute Gasteiger partial charge is 0.324 e. The standard InChI is InChI=1S/C19H15FN4O2/c1-12(25)13-5-7-15(8-6-13)23-19-21-10-9-17(24-19)18(26)22-16-4-2-3-14(20)11-16/h2-11H,1H3,(H,22,26)(H,21,23,24). The summed E-state index contributed by atoms with van der Waals surface area (Å²) in [6.45, 7) is 1.49. The first-order valence-electron chi connectivity index (χ1n) is 7.79. The minimum atomic E-state index is -0.479. The molecule has 0 saturated heterocycles. The van der Waals surface area contributed by atoms with Crippen LogP contribution in [0.2, 0.25) is 0 Å². The molecule has 6 nitrogen and oxygen atoms in total. The van der Waals surface area contributed by atoms with E-state index in [1.807, 2.05) is 0 Å².